The number of piperidine rings is 1. The van der Waals surface area contributed by atoms with Gasteiger partial charge in [-0.25, -0.2) is 0 Å². The van der Waals surface area contributed by atoms with Crippen LogP contribution in [0.25, 0.3) is 0 Å². The molecule has 140 valence electrons. The molecule has 1 heterocycles. The lowest BCUT2D eigenvalue weighted by Crippen LogP contribution is -2.51. The zero-order chi connectivity index (χ0) is 17.6. The predicted molar refractivity (Wildman–Crippen MR) is 101 cm³/mol. The van der Waals surface area contributed by atoms with E-state index in [-0.39, 0.29) is 24.2 Å². The minimum atomic E-state index is -0.801. The van der Waals surface area contributed by atoms with Crippen LogP contribution < -0.4 is 10.6 Å². The van der Waals surface area contributed by atoms with Crippen LogP contribution in [-0.2, 0) is 9.53 Å². The summed E-state index contributed by atoms with van der Waals surface area (Å²) in [5.74, 6) is -0.182. The van der Waals surface area contributed by atoms with E-state index in [0.717, 1.165) is 13.1 Å². The van der Waals surface area contributed by atoms with Crippen molar-refractivity contribution in [1.29, 1.82) is 0 Å². The number of halogens is 1. The first kappa shape index (κ1) is 21.4. The maximum Gasteiger partial charge on any atom is 0.256 e. The predicted octanol–water partition coefficient (Wildman–Crippen LogP) is 2.30. The summed E-state index contributed by atoms with van der Waals surface area (Å²) >= 11 is 0. The molecule has 1 aromatic rings. The van der Waals surface area contributed by atoms with E-state index in [1.807, 2.05) is 13.8 Å². The average Bonchev–Trinajstić information content (AvgIpc) is 2.63. The third kappa shape index (κ3) is 4.93. The molecule has 2 N–H and O–H groups in total. The molecule has 7 heteroatoms. The highest BCUT2D eigenvalue weighted by Gasteiger charge is 2.39. The lowest BCUT2D eigenvalue weighted by Gasteiger charge is -2.34. The number of methoxy groups -OCH3 is 1. The number of ether oxygens (including phenoxy) is 1. The monoisotopic (exact) mass is 369 g/mol. The van der Waals surface area contributed by atoms with E-state index in [9.17, 15) is 9.59 Å². The van der Waals surface area contributed by atoms with Crippen LogP contribution >= 0.6 is 12.4 Å². The van der Waals surface area contributed by atoms with Crippen LogP contribution in [0.5, 0.6) is 0 Å². The molecular formula is C18H28ClN3O3. The van der Waals surface area contributed by atoms with Crippen molar-refractivity contribution in [3.8, 4) is 0 Å². The van der Waals surface area contributed by atoms with Crippen LogP contribution in [0.3, 0.4) is 0 Å². The third-order valence-electron chi connectivity index (χ3n) is 4.63. The number of rotatable bonds is 6. The smallest absolute Gasteiger partial charge is 0.256 e. The van der Waals surface area contributed by atoms with Gasteiger partial charge >= 0.3 is 0 Å². The van der Waals surface area contributed by atoms with Crippen molar-refractivity contribution in [3.05, 3.63) is 29.8 Å². The van der Waals surface area contributed by atoms with Crippen molar-refractivity contribution >= 4 is 29.9 Å². The SMILES string of the molecule is CCN(CC)C(=O)c1cccc(NC(=O)C2(OC)CCNCC2)c1.Cl. The van der Waals surface area contributed by atoms with Crippen LogP contribution in [0.1, 0.15) is 37.0 Å². The molecule has 2 amide bonds. The van der Waals surface area contributed by atoms with Crippen LogP contribution in [-0.4, -0.2) is 55.6 Å². The van der Waals surface area contributed by atoms with Crippen molar-refractivity contribution in [2.45, 2.75) is 32.3 Å². The highest BCUT2D eigenvalue weighted by Crippen LogP contribution is 2.25. The summed E-state index contributed by atoms with van der Waals surface area (Å²) in [6, 6.07) is 7.07. The summed E-state index contributed by atoms with van der Waals surface area (Å²) in [5, 5.41) is 6.14. The maximum absolute atomic E-state index is 12.7. The second-order valence-corrected chi connectivity index (χ2v) is 5.96. The van der Waals surface area contributed by atoms with Crippen LogP contribution in [0.4, 0.5) is 5.69 Å². The number of nitrogens with zero attached hydrogens (tertiary/aromatic N) is 1. The quantitative estimate of drug-likeness (QED) is 0.807. The molecule has 1 saturated heterocycles. The van der Waals surface area contributed by atoms with Gasteiger partial charge in [-0.15, -0.1) is 12.4 Å². The summed E-state index contributed by atoms with van der Waals surface area (Å²) in [6.45, 7) is 6.72. The molecule has 1 aromatic carbocycles. The summed E-state index contributed by atoms with van der Waals surface area (Å²) in [4.78, 5) is 26.9. The van der Waals surface area contributed by atoms with E-state index in [4.69, 9.17) is 4.74 Å². The number of hydrogen-bond acceptors (Lipinski definition) is 4. The number of nitrogens with one attached hydrogen (secondary N) is 2. The Morgan fingerprint density at radius 1 is 1.24 bits per heavy atom. The van der Waals surface area contributed by atoms with E-state index in [1.54, 1.807) is 36.3 Å². The molecule has 0 radical (unpaired) electrons. The molecule has 1 aliphatic rings. The van der Waals surface area contributed by atoms with Crippen molar-refractivity contribution in [2.24, 2.45) is 0 Å². The van der Waals surface area contributed by atoms with E-state index in [1.165, 1.54) is 0 Å². The Balaban J connectivity index is 0.00000312. The summed E-state index contributed by atoms with van der Waals surface area (Å²) in [6.07, 6.45) is 1.26. The minimum absolute atomic E-state index is 0. The lowest BCUT2D eigenvalue weighted by molar-refractivity contribution is -0.140. The fraction of sp³-hybridized carbons (Fsp3) is 0.556. The fourth-order valence-electron chi connectivity index (χ4n) is 3.02. The normalized spacial score (nSPS) is 15.8. The fourth-order valence-corrected chi connectivity index (χ4v) is 3.02. The summed E-state index contributed by atoms with van der Waals surface area (Å²) in [7, 11) is 1.57. The lowest BCUT2D eigenvalue weighted by atomic mass is 9.91. The Labute approximate surface area is 155 Å². The number of amides is 2. The van der Waals surface area contributed by atoms with Gasteiger partial charge in [-0.3, -0.25) is 9.59 Å². The van der Waals surface area contributed by atoms with Gasteiger partial charge in [-0.2, -0.15) is 0 Å². The molecule has 0 saturated carbocycles. The van der Waals surface area contributed by atoms with Gasteiger partial charge in [0, 0.05) is 31.5 Å². The molecule has 0 spiro atoms. The molecule has 0 aromatic heterocycles. The Morgan fingerprint density at radius 3 is 2.44 bits per heavy atom. The van der Waals surface area contributed by atoms with Crippen molar-refractivity contribution in [2.75, 3.05) is 38.6 Å². The third-order valence-corrected chi connectivity index (χ3v) is 4.63. The largest absolute Gasteiger partial charge is 0.368 e. The van der Waals surface area contributed by atoms with E-state index in [0.29, 0.717) is 37.2 Å². The standard InChI is InChI=1S/C18H27N3O3.ClH/c1-4-21(5-2)16(22)14-7-6-8-15(13-14)20-17(23)18(24-3)9-11-19-12-10-18;/h6-8,13,19H,4-5,9-12H2,1-3H3,(H,20,23);1H. The molecule has 0 bridgehead atoms. The molecule has 6 nitrogen and oxygen atoms in total. The molecule has 0 aliphatic carbocycles. The molecule has 0 atom stereocenters. The van der Waals surface area contributed by atoms with Crippen LogP contribution in [0.15, 0.2) is 24.3 Å². The Kier molecular flexibility index (Phi) is 8.35. The first-order chi connectivity index (χ1) is 11.6. The number of carbonyl (C=O) groups excluding carboxylic acids is 2. The van der Waals surface area contributed by atoms with Crippen molar-refractivity contribution in [1.82, 2.24) is 10.2 Å². The molecule has 1 aliphatic heterocycles. The Hall–Kier alpha value is -1.63. The van der Waals surface area contributed by atoms with Gasteiger partial charge in [0.15, 0.2) is 0 Å². The minimum Gasteiger partial charge on any atom is -0.368 e. The average molecular weight is 370 g/mol. The number of carbonyl (C=O) groups is 2. The first-order valence-electron chi connectivity index (χ1n) is 8.53. The van der Waals surface area contributed by atoms with Crippen molar-refractivity contribution < 1.29 is 14.3 Å². The van der Waals surface area contributed by atoms with Gasteiger partial charge in [0.1, 0.15) is 5.60 Å². The van der Waals surface area contributed by atoms with E-state index < -0.39 is 5.60 Å². The van der Waals surface area contributed by atoms with Crippen molar-refractivity contribution in [3.63, 3.8) is 0 Å². The first-order valence-corrected chi connectivity index (χ1v) is 8.53. The maximum atomic E-state index is 12.7. The van der Waals surface area contributed by atoms with E-state index in [2.05, 4.69) is 10.6 Å². The van der Waals surface area contributed by atoms with Gasteiger partial charge in [0.25, 0.3) is 11.8 Å². The van der Waals surface area contributed by atoms with Gasteiger partial charge in [0.05, 0.1) is 0 Å². The number of hydrogen-bond donors (Lipinski definition) is 2. The second-order valence-electron chi connectivity index (χ2n) is 5.96. The van der Waals surface area contributed by atoms with Gasteiger partial charge in [-0.05, 0) is 58.0 Å². The van der Waals surface area contributed by atoms with Crippen LogP contribution in [0.2, 0.25) is 0 Å². The van der Waals surface area contributed by atoms with E-state index >= 15 is 0 Å². The van der Waals surface area contributed by atoms with Gasteiger partial charge in [-0.1, -0.05) is 6.07 Å². The summed E-state index contributed by atoms with van der Waals surface area (Å²) in [5.41, 5.74) is 0.394. The van der Waals surface area contributed by atoms with Gasteiger partial charge < -0.3 is 20.3 Å². The number of benzene rings is 1. The second kappa shape index (κ2) is 9.75. The van der Waals surface area contributed by atoms with Gasteiger partial charge in [0.2, 0.25) is 0 Å². The Morgan fingerprint density at radius 2 is 1.88 bits per heavy atom. The molecule has 25 heavy (non-hydrogen) atoms. The van der Waals surface area contributed by atoms with Crippen LogP contribution in [0, 0.1) is 0 Å². The highest BCUT2D eigenvalue weighted by atomic mass is 35.5. The Bertz CT molecular complexity index is 585. The highest BCUT2D eigenvalue weighted by molar-refractivity contribution is 6.00. The zero-order valence-electron chi connectivity index (χ0n) is 15.1. The summed E-state index contributed by atoms with van der Waals surface area (Å²) < 4.78 is 5.54. The molecular weight excluding hydrogens is 342 g/mol. The molecule has 2 rings (SSSR count). The molecule has 1 fully saturated rings. The molecule has 0 unspecified atom stereocenters. The number of anilines is 1. The topological polar surface area (TPSA) is 70.7 Å². The zero-order valence-corrected chi connectivity index (χ0v) is 15.9.